The van der Waals surface area contributed by atoms with Gasteiger partial charge in [-0.3, -0.25) is 4.79 Å². The minimum Gasteiger partial charge on any atom is -0.473 e. The average molecular weight is 380 g/mol. The van der Waals surface area contributed by atoms with Gasteiger partial charge in [0.25, 0.3) is 5.91 Å². The van der Waals surface area contributed by atoms with E-state index in [9.17, 15) is 13.6 Å². The van der Waals surface area contributed by atoms with Crippen LogP contribution in [0.5, 0.6) is 5.88 Å². The van der Waals surface area contributed by atoms with Crippen molar-refractivity contribution in [3.05, 3.63) is 88.6 Å². The molecule has 0 radical (unpaired) electrons. The van der Waals surface area contributed by atoms with Crippen molar-refractivity contribution in [1.82, 2.24) is 4.98 Å². The van der Waals surface area contributed by atoms with Crippen molar-refractivity contribution in [1.29, 1.82) is 0 Å². The first-order valence-corrected chi connectivity index (χ1v) is 8.96. The number of hydrogen-bond donors (Lipinski definition) is 0. The molecule has 0 fully saturated rings. The lowest BCUT2D eigenvalue weighted by molar-refractivity contribution is 0.0978. The summed E-state index contributed by atoms with van der Waals surface area (Å²) in [5.74, 6) is -0.660. The fourth-order valence-electron chi connectivity index (χ4n) is 3.26. The topological polar surface area (TPSA) is 42.4 Å². The molecule has 0 saturated heterocycles. The summed E-state index contributed by atoms with van der Waals surface area (Å²) in [7, 11) is 0. The Labute approximate surface area is 161 Å². The van der Waals surface area contributed by atoms with Crippen LogP contribution in [-0.4, -0.2) is 17.4 Å². The summed E-state index contributed by atoms with van der Waals surface area (Å²) >= 11 is 0. The highest BCUT2D eigenvalue weighted by Crippen LogP contribution is 2.28. The lowest BCUT2D eigenvalue weighted by atomic mass is 10.0. The van der Waals surface area contributed by atoms with E-state index in [2.05, 4.69) is 4.98 Å². The minimum absolute atomic E-state index is 0.179. The van der Waals surface area contributed by atoms with E-state index in [-0.39, 0.29) is 24.0 Å². The summed E-state index contributed by atoms with van der Waals surface area (Å²) in [4.78, 5) is 18.7. The molecular weight excluding hydrogens is 362 g/mol. The van der Waals surface area contributed by atoms with Crippen LogP contribution in [0.3, 0.4) is 0 Å². The molecule has 0 aliphatic carbocycles. The van der Waals surface area contributed by atoms with Crippen LogP contribution in [-0.2, 0) is 13.0 Å². The third-order valence-electron chi connectivity index (χ3n) is 4.67. The van der Waals surface area contributed by atoms with E-state index in [0.717, 1.165) is 5.56 Å². The molecule has 2 heterocycles. The molecule has 0 saturated carbocycles. The Morgan fingerprint density at radius 3 is 2.75 bits per heavy atom. The van der Waals surface area contributed by atoms with Gasteiger partial charge in [-0.2, -0.15) is 0 Å². The van der Waals surface area contributed by atoms with Gasteiger partial charge in [0.05, 0.1) is 16.9 Å². The Bertz CT molecular complexity index is 1050. The van der Waals surface area contributed by atoms with Crippen LogP contribution < -0.4 is 9.64 Å². The van der Waals surface area contributed by atoms with Crippen molar-refractivity contribution in [3.8, 4) is 5.88 Å². The predicted octanol–water partition coefficient (Wildman–Crippen LogP) is 4.45. The van der Waals surface area contributed by atoms with E-state index >= 15 is 0 Å². The molecule has 1 amide bonds. The third-order valence-corrected chi connectivity index (χ3v) is 4.67. The Hall–Kier alpha value is -3.28. The normalized spacial score (nSPS) is 13.4. The number of pyridine rings is 1. The van der Waals surface area contributed by atoms with E-state index < -0.39 is 5.82 Å². The largest absolute Gasteiger partial charge is 0.473 e. The molecule has 0 atom stereocenters. The molecule has 3 aromatic rings. The molecule has 1 aliphatic heterocycles. The molecule has 0 bridgehead atoms. The van der Waals surface area contributed by atoms with Gasteiger partial charge >= 0.3 is 0 Å². The Balaban J connectivity index is 1.52. The minimum atomic E-state index is -0.417. The second kappa shape index (κ2) is 7.38. The fourth-order valence-corrected chi connectivity index (χ4v) is 3.26. The smallest absolute Gasteiger partial charge is 0.260 e. The fraction of sp³-hybridized carbons (Fsp3) is 0.182. The highest BCUT2D eigenvalue weighted by Gasteiger charge is 2.28. The summed E-state index contributed by atoms with van der Waals surface area (Å²) in [6, 6.07) is 14.2. The quantitative estimate of drug-likeness (QED) is 0.672. The number of hydrogen-bond acceptors (Lipinski definition) is 3. The number of fused-ring (bicyclic) bond motifs is 1. The number of amides is 1. The Kier molecular flexibility index (Phi) is 4.77. The number of aromatic nitrogens is 1. The molecule has 4 rings (SSSR count). The number of carbonyl (C=O) groups is 1. The van der Waals surface area contributed by atoms with Crippen molar-refractivity contribution < 1.29 is 18.3 Å². The second-order valence-electron chi connectivity index (χ2n) is 6.72. The Morgan fingerprint density at radius 2 is 1.96 bits per heavy atom. The molecule has 142 valence electrons. The maximum atomic E-state index is 14.3. The number of aryl methyl sites for hydroxylation is 1. The van der Waals surface area contributed by atoms with Gasteiger partial charge in [-0.05, 0) is 48.4 Å². The molecule has 28 heavy (non-hydrogen) atoms. The van der Waals surface area contributed by atoms with Gasteiger partial charge in [0, 0.05) is 19.0 Å². The number of benzene rings is 2. The van der Waals surface area contributed by atoms with Crippen LogP contribution in [0.15, 0.2) is 54.6 Å². The molecule has 0 spiro atoms. The third kappa shape index (κ3) is 3.58. The summed E-state index contributed by atoms with van der Waals surface area (Å²) in [6.07, 6.45) is 0.492. The van der Waals surface area contributed by atoms with E-state index in [1.54, 1.807) is 43.3 Å². The highest BCUT2D eigenvalue weighted by atomic mass is 19.1. The van der Waals surface area contributed by atoms with Crippen molar-refractivity contribution in [2.75, 3.05) is 11.4 Å². The zero-order chi connectivity index (χ0) is 19.7. The van der Waals surface area contributed by atoms with Crippen LogP contribution in [0.25, 0.3) is 0 Å². The van der Waals surface area contributed by atoms with Gasteiger partial charge in [-0.25, -0.2) is 13.8 Å². The summed E-state index contributed by atoms with van der Waals surface area (Å²) in [5, 5.41) is 0. The molecule has 1 aromatic heterocycles. The van der Waals surface area contributed by atoms with Gasteiger partial charge < -0.3 is 9.64 Å². The number of carbonyl (C=O) groups excluding carboxylic acids is 1. The van der Waals surface area contributed by atoms with Crippen molar-refractivity contribution in [2.24, 2.45) is 0 Å². The number of ether oxygens (including phenoxy) is 1. The van der Waals surface area contributed by atoms with E-state index in [0.29, 0.717) is 35.7 Å². The standard InChI is InChI=1S/C22H18F2N2O2/c1-14-5-7-20(18(24)11-14)26-10-9-19-17(22(26)27)6-8-21(25-19)28-13-15-3-2-4-16(23)12-15/h2-8,11-12H,9-10,13H2,1H3. The Morgan fingerprint density at radius 1 is 1.11 bits per heavy atom. The van der Waals surface area contributed by atoms with E-state index in [1.165, 1.54) is 23.1 Å². The highest BCUT2D eigenvalue weighted by molar-refractivity contribution is 6.08. The first-order valence-electron chi connectivity index (χ1n) is 8.96. The molecule has 4 nitrogen and oxygen atoms in total. The van der Waals surface area contributed by atoms with E-state index in [1.807, 2.05) is 0 Å². The zero-order valence-electron chi connectivity index (χ0n) is 15.3. The van der Waals surface area contributed by atoms with Crippen LogP contribution in [0, 0.1) is 18.6 Å². The summed E-state index contributed by atoms with van der Waals surface area (Å²) in [5.41, 5.74) is 2.81. The molecule has 1 aliphatic rings. The number of nitrogens with zero attached hydrogens (tertiary/aromatic N) is 2. The SMILES string of the molecule is Cc1ccc(N2CCc3nc(OCc4cccc(F)c4)ccc3C2=O)c(F)c1. The maximum absolute atomic E-state index is 14.3. The molecular formula is C22H18F2N2O2. The van der Waals surface area contributed by atoms with Crippen molar-refractivity contribution >= 4 is 11.6 Å². The first-order chi connectivity index (χ1) is 13.5. The van der Waals surface area contributed by atoms with Crippen molar-refractivity contribution in [2.45, 2.75) is 20.0 Å². The predicted molar refractivity (Wildman–Crippen MR) is 101 cm³/mol. The lowest BCUT2D eigenvalue weighted by Gasteiger charge is -2.28. The van der Waals surface area contributed by atoms with Crippen LogP contribution in [0.2, 0.25) is 0 Å². The van der Waals surface area contributed by atoms with Gasteiger partial charge in [0.1, 0.15) is 18.2 Å². The van der Waals surface area contributed by atoms with Gasteiger partial charge in [-0.15, -0.1) is 0 Å². The molecule has 2 aromatic carbocycles. The molecule has 6 heteroatoms. The zero-order valence-corrected chi connectivity index (χ0v) is 15.3. The van der Waals surface area contributed by atoms with Gasteiger partial charge in [0.15, 0.2) is 0 Å². The summed E-state index contributed by atoms with van der Waals surface area (Å²) in [6.45, 7) is 2.32. The summed E-state index contributed by atoms with van der Waals surface area (Å²) < 4.78 is 33.2. The van der Waals surface area contributed by atoms with Crippen LogP contribution in [0.1, 0.15) is 27.2 Å². The van der Waals surface area contributed by atoms with Crippen LogP contribution in [0.4, 0.5) is 14.5 Å². The molecule has 0 unspecified atom stereocenters. The van der Waals surface area contributed by atoms with Crippen molar-refractivity contribution in [3.63, 3.8) is 0 Å². The monoisotopic (exact) mass is 380 g/mol. The number of halogens is 2. The van der Waals surface area contributed by atoms with Gasteiger partial charge in [-0.1, -0.05) is 18.2 Å². The van der Waals surface area contributed by atoms with Crippen LogP contribution >= 0.6 is 0 Å². The lowest BCUT2D eigenvalue weighted by Crippen LogP contribution is -2.38. The molecule has 0 N–H and O–H groups in total. The first kappa shape index (κ1) is 18.1. The number of anilines is 1. The number of rotatable bonds is 4. The second-order valence-corrected chi connectivity index (χ2v) is 6.72. The van der Waals surface area contributed by atoms with Gasteiger partial charge in [0.2, 0.25) is 5.88 Å². The van der Waals surface area contributed by atoms with E-state index in [4.69, 9.17) is 4.74 Å². The average Bonchev–Trinajstić information content (AvgIpc) is 2.67. The maximum Gasteiger partial charge on any atom is 0.260 e.